The molecule has 0 amide bonds. The molecule has 0 bridgehead atoms. The first-order valence-electron chi connectivity index (χ1n) is 7.66. The maximum Gasteiger partial charge on any atom is 0.123 e. The van der Waals surface area contributed by atoms with Crippen LogP contribution >= 0.6 is 0 Å². The molecule has 0 saturated carbocycles. The van der Waals surface area contributed by atoms with Gasteiger partial charge in [-0.05, 0) is 42.8 Å². The molecule has 0 aliphatic carbocycles. The van der Waals surface area contributed by atoms with Gasteiger partial charge in [0.1, 0.15) is 11.6 Å². The highest BCUT2D eigenvalue weighted by molar-refractivity contribution is 5.79. The van der Waals surface area contributed by atoms with Gasteiger partial charge in [-0.15, -0.1) is 0 Å². The quantitative estimate of drug-likeness (QED) is 0.808. The van der Waals surface area contributed by atoms with Gasteiger partial charge < -0.3 is 9.67 Å². The predicted octanol–water partition coefficient (Wildman–Crippen LogP) is 3.23. The Kier molecular flexibility index (Phi) is 3.42. The highest BCUT2D eigenvalue weighted by Gasteiger charge is 2.29. The van der Waals surface area contributed by atoms with Crippen LogP contribution in [0.15, 0.2) is 48.8 Å². The van der Waals surface area contributed by atoms with Crippen LogP contribution < -0.4 is 0 Å². The summed E-state index contributed by atoms with van der Waals surface area (Å²) in [4.78, 5) is 8.85. The molecule has 3 aromatic rings. The minimum Gasteiger partial charge on any atom is -0.394 e. The summed E-state index contributed by atoms with van der Waals surface area (Å²) in [7, 11) is 0. The van der Waals surface area contributed by atoms with Crippen molar-refractivity contribution in [1.82, 2.24) is 14.5 Å². The smallest absolute Gasteiger partial charge is 0.123 e. The molecule has 4 nitrogen and oxygen atoms in total. The number of hydrogen-bond donors (Lipinski definition) is 1. The zero-order valence-electron chi connectivity index (χ0n) is 12.5. The Balaban J connectivity index is 1.95. The lowest BCUT2D eigenvalue weighted by Gasteiger charge is -2.15. The first-order chi connectivity index (χ1) is 11.3. The Morgan fingerprint density at radius 3 is 2.52 bits per heavy atom. The standard InChI is InChI=1S/C18H16FN3O/c19-14-3-1-12(2-4-14)17-18(13-7-9-20-10-8-13)22-15(11-23)5-6-16(22)21-17/h1-4,7-10,15,23H,5-6,11H2/t15-/m1/s1. The number of fused-ring (bicyclic) bond motifs is 1. The van der Waals surface area contributed by atoms with Crippen LogP contribution in [-0.2, 0) is 6.42 Å². The van der Waals surface area contributed by atoms with Crippen molar-refractivity contribution in [2.75, 3.05) is 6.61 Å². The minimum absolute atomic E-state index is 0.0369. The van der Waals surface area contributed by atoms with E-state index in [1.165, 1.54) is 12.1 Å². The Labute approximate surface area is 133 Å². The van der Waals surface area contributed by atoms with Crippen LogP contribution in [-0.4, -0.2) is 26.2 Å². The van der Waals surface area contributed by atoms with Gasteiger partial charge in [-0.25, -0.2) is 9.37 Å². The lowest BCUT2D eigenvalue weighted by atomic mass is 10.0. The lowest BCUT2D eigenvalue weighted by molar-refractivity contribution is 0.234. The fraction of sp³-hybridized carbons (Fsp3) is 0.222. The van der Waals surface area contributed by atoms with Crippen LogP contribution in [0.4, 0.5) is 4.39 Å². The second-order valence-electron chi connectivity index (χ2n) is 5.71. The predicted molar refractivity (Wildman–Crippen MR) is 85.3 cm³/mol. The van der Waals surface area contributed by atoms with Crippen molar-refractivity contribution in [1.29, 1.82) is 0 Å². The Morgan fingerprint density at radius 1 is 1.09 bits per heavy atom. The molecule has 3 heterocycles. The first-order valence-corrected chi connectivity index (χ1v) is 7.66. The van der Waals surface area contributed by atoms with Gasteiger partial charge in [0.15, 0.2) is 0 Å². The maximum atomic E-state index is 13.2. The molecule has 1 aliphatic heterocycles. The molecule has 5 heteroatoms. The van der Waals surface area contributed by atoms with E-state index in [0.717, 1.165) is 41.2 Å². The second kappa shape index (κ2) is 5.59. The van der Waals surface area contributed by atoms with E-state index in [0.29, 0.717) is 0 Å². The number of benzene rings is 1. The van der Waals surface area contributed by atoms with Crippen LogP contribution in [0, 0.1) is 5.82 Å². The summed E-state index contributed by atoms with van der Waals surface area (Å²) in [6, 6.07) is 10.3. The van der Waals surface area contributed by atoms with Crippen molar-refractivity contribution in [3.63, 3.8) is 0 Å². The van der Waals surface area contributed by atoms with Gasteiger partial charge in [-0.3, -0.25) is 4.98 Å². The van der Waals surface area contributed by atoms with Gasteiger partial charge >= 0.3 is 0 Å². The van der Waals surface area contributed by atoms with E-state index in [2.05, 4.69) is 9.55 Å². The molecular formula is C18H16FN3O. The average molecular weight is 309 g/mol. The SMILES string of the molecule is OC[C@H]1CCc2nc(-c3ccc(F)cc3)c(-c3ccncc3)n21. The summed E-state index contributed by atoms with van der Waals surface area (Å²) in [5, 5.41) is 9.69. The van der Waals surface area contributed by atoms with Crippen LogP contribution in [0.2, 0.25) is 0 Å². The monoisotopic (exact) mass is 309 g/mol. The number of imidazole rings is 1. The van der Waals surface area contributed by atoms with Crippen molar-refractivity contribution in [3.8, 4) is 22.5 Å². The summed E-state index contributed by atoms with van der Waals surface area (Å²) in [5.74, 6) is 0.703. The molecule has 1 aliphatic rings. The molecule has 0 unspecified atom stereocenters. The van der Waals surface area contributed by atoms with Gasteiger partial charge in [-0.2, -0.15) is 0 Å². The van der Waals surface area contributed by atoms with Gasteiger partial charge in [0.05, 0.1) is 24.0 Å². The zero-order valence-corrected chi connectivity index (χ0v) is 12.5. The fourth-order valence-corrected chi connectivity index (χ4v) is 3.24. The molecular weight excluding hydrogens is 293 g/mol. The van der Waals surface area contributed by atoms with Crippen LogP contribution in [0.3, 0.4) is 0 Å². The van der Waals surface area contributed by atoms with Crippen LogP contribution in [0.1, 0.15) is 18.3 Å². The Morgan fingerprint density at radius 2 is 1.83 bits per heavy atom. The van der Waals surface area contributed by atoms with Gasteiger partial charge in [0, 0.05) is 29.9 Å². The summed E-state index contributed by atoms with van der Waals surface area (Å²) in [5.41, 5.74) is 3.66. The number of halogens is 1. The Hall–Kier alpha value is -2.53. The topological polar surface area (TPSA) is 50.9 Å². The highest BCUT2D eigenvalue weighted by Crippen LogP contribution is 2.39. The molecule has 1 atom stereocenters. The van der Waals surface area contributed by atoms with Crippen molar-refractivity contribution >= 4 is 0 Å². The third-order valence-electron chi connectivity index (χ3n) is 4.33. The first kappa shape index (κ1) is 14.1. The average Bonchev–Trinajstić information content (AvgIpc) is 3.15. The number of hydrogen-bond acceptors (Lipinski definition) is 3. The fourth-order valence-electron chi connectivity index (χ4n) is 3.24. The molecule has 23 heavy (non-hydrogen) atoms. The molecule has 4 rings (SSSR count). The number of nitrogens with zero attached hydrogens (tertiary/aromatic N) is 3. The molecule has 1 aromatic carbocycles. The number of aryl methyl sites for hydroxylation is 1. The molecule has 116 valence electrons. The normalized spacial score (nSPS) is 16.5. The van der Waals surface area contributed by atoms with E-state index in [9.17, 15) is 9.50 Å². The molecule has 0 saturated heterocycles. The van der Waals surface area contributed by atoms with Gasteiger partial charge in [0.25, 0.3) is 0 Å². The maximum absolute atomic E-state index is 13.2. The van der Waals surface area contributed by atoms with Gasteiger partial charge in [0.2, 0.25) is 0 Å². The summed E-state index contributed by atoms with van der Waals surface area (Å²) in [6.45, 7) is 0.0876. The molecule has 2 aromatic heterocycles. The molecule has 0 fully saturated rings. The number of aliphatic hydroxyl groups is 1. The third kappa shape index (κ3) is 2.33. The molecule has 0 radical (unpaired) electrons. The van der Waals surface area contributed by atoms with Crippen LogP contribution in [0.5, 0.6) is 0 Å². The summed E-state index contributed by atoms with van der Waals surface area (Å²) >= 11 is 0. The van der Waals surface area contributed by atoms with Crippen LogP contribution in [0.25, 0.3) is 22.5 Å². The van der Waals surface area contributed by atoms with E-state index in [1.807, 2.05) is 12.1 Å². The van der Waals surface area contributed by atoms with Crippen molar-refractivity contribution in [3.05, 3.63) is 60.4 Å². The number of rotatable bonds is 3. The van der Waals surface area contributed by atoms with Crippen molar-refractivity contribution < 1.29 is 9.50 Å². The number of aromatic nitrogens is 3. The largest absolute Gasteiger partial charge is 0.394 e. The minimum atomic E-state index is -0.265. The highest BCUT2D eigenvalue weighted by atomic mass is 19.1. The lowest BCUT2D eigenvalue weighted by Crippen LogP contribution is -2.09. The van der Waals surface area contributed by atoms with E-state index in [-0.39, 0.29) is 18.5 Å². The van der Waals surface area contributed by atoms with E-state index in [4.69, 9.17) is 4.98 Å². The van der Waals surface area contributed by atoms with E-state index < -0.39 is 0 Å². The molecule has 1 N–H and O–H groups in total. The van der Waals surface area contributed by atoms with E-state index in [1.54, 1.807) is 24.5 Å². The summed E-state index contributed by atoms with van der Waals surface area (Å²) < 4.78 is 15.4. The van der Waals surface area contributed by atoms with Crippen molar-refractivity contribution in [2.24, 2.45) is 0 Å². The third-order valence-corrected chi connectivity index (χ3v) is 4.33. The summed E-state index contributed by atoms with van der Waals surface area (Å²) in [6.07, 6.45) is 5.21. The van der Waals surface area contributed by atoms with Gasteiger partial charge in [-0.1, -0.05) is 0 Å². The number of aliphatic hydroxyl groups excluding tert-OH is 1. The molecule has 0 spiro atoms. The zero-order chi connectivity index (χ0) is 15.8. The number of pyridine rings is 1. The Bertz CT molecular complexity index is 827. The second-order valence-corrected chi connectivity index (χ2v) is 5.71. The van der Waals surface area contributed by atoms with Crippen molar-refractivity contribution in [2.45, 2.75) is 18.9 Å². The van der Waals surface area contributed by atoms with E-state index >= 15 is 0 Å².